The number of nitrogens with zero attached hydrogens (tertiary/aromatic N) is 1. The van der Waals surface area contributed by atoms with Crippen LogP contribution < -0.4 is 14.8 Å². The number of aryl methyl sites for hydroxylation is 2. The summed E-state index contributed by atoms with van der Waals surface area (Å²) in [4.78, 5) is 12.4. The zero-order chi connectivity index (χ0) is 22.2. The molecule has 0 radical (unpaired) electrons. The molecule has 2 heterocycles. The Labute approximate surface area is 175 Å². The van der Waals surface area contributed by atoms with Crippen LogP contribution in [-0.2, 0) is 6.42 Å². The van der Waals surface area contributed by atoms with E-state index in [4.69, 9.17) is 9.26 Å². The molecule has 9 heteroatoms. The first-order chi connectivity index (χ1) is 14.7. The van der Waals surface area contributed by atoms with Crippen molar-refractivity contribution in [2.75, 3.05) is 6.54 Å². The molecule has 0 saturated heterocycles. The number of fused-ring (bicyclic) bond motifs is 1. The molecule has 1 aromatic heterocycles. The number of rotatable bonds is 5. The van der Waals surface area contributed by atoms with Crippen molar-refractivity contribution in [2.24, 2.45) is 0 Å². The number of benzene rings is 2. The molecule has 0 aliphatic carbocycles. The van der Waals surface area contributed by atoms with Gasteiger partial charge < -0.3 is 19.3 Å². The second kappa shape index (κ2) is 7.98. The fourth-order valence-corrected chi connectivity index (χ4v) is 3.59. The molecular formula is C22H19F3N2O4. The highest BCUT2D eigenvalue weighted by Gasteiger charge is 2.31. The summed E-state index contributed by atoms with van der Waals surface area (Å²) >= 11 is 0. The quantitative estimate of drug-likeness (QED) is 0.639. The zero-order valence-electron chi connectivity index (χ0n) is 16.7. The van der Waals surface area contributed by atoms with Gasteiger partial charge in [-0.05, 0) is 54.8 Å². The van der Waals surface area contributed by atoms with Crippen LogP contribution in [0, 0.1) is 13.8 Å². The maximum absolute atomic E-state index is 12.5. The fraction of sp³-hybridized carbons (Fsp3) is 0.273. The van der Waals surface area contributed by atoms with Gasteiger partial charge in [-0.15, -0.1) is 13.2 Å². The minimum absolute atomic E-state index is 0.255. The maximum atomic E-state index is 12.5. The largest absolute Gasteiger partial charge is 0.573 e. The molecule has 0 fully saturated rings. The SMILES string of the molecule is Cc1noc(C)c1C(=O)NCC1Cc2cc(-c3cccc(OC(F)(F)F)c3)ccc2O1. The molecule has 2 aromatic carbocycles. The number of hydrogen-bond donors (Lipinski definition) is 1. The van der Waals surface area contributed by atoms with Crippen LogP contribution in [0.15, 0.2) is 47.0 Å². The van der Waals surface area contributed by atoms with Crippen LogP contribution in [0.4, 0.5) is 13.2 Å². The first-order valence-corrected chi connectivity index (χ1v) is 9.56. The lowest BCUT2D eigenvalue weighted by Crippen LogP contribution is -2.34. The summed E-state index contributed by atoms with van der Waals surface area (Å²) in [6, 6.07) is 11.2. The van der Waals surface area contributed by atoms with Crippen LogP contribution in [0.2, 0.25) is 0 Å². The van der Waals surface area contributed by atoms with Crippen LogP contribution in [-0.4, -0.2) is 30.1 Å². The van der Waals surface area contributed by atoms with Crippen molar-refractivity contribution < 1.29 is 32.0 Å². The molecule has 0 saturated carbocycles. The number of amides is 1. The van der Waals surface area contributed by atoms with Crippen molar-refractivity contribution in [3.63, 3.8) is 0 Å². The monoisotopic (exact) mass is 432 g/mol. The molecule has 162 valence electrons. The third-order valence-electron chi connectivity index (χ3n) is 4.95. The predicted octanol–water partition coefficient (Wildman–Crippen LogP) is 4.59. The number of alkyl halides is 3. The van der Waals surface area contributed by atoms with Crippen molar-refractivity contribution in [3.8, 4) is 22.6 Å². The highest BCUT2D eigenvalue weighted by Crippen LogP contribution is 2.34. The summed E-state index contributed by atoms with van der Waals surface area (Å²) in [5, 5.41) is 6.61. The second-order valence-corrected chi connectivity index (χ2v) is 7.25. The van der Waals surface area contributed by atoms with Crippen molar-refractivity contribution in [1.82, 2.24) is 10.5 Å². The Balaban J connectivity index is 1.43. The standard InChI is InChI=1S/C22H19F3N2O4/c1-12-20(13(2)31-27-12)21(28)26-11-18-10-16-8-15(6-7-19(16)29-18)14-4-3-5-17(9-14)30-22(23,24)25/h3-9,18H,10-11H2,1-2H3,(H,26,28). The lowest BCUT2D eigenvalue weighted by atomic mass is 10.0. The molecule has 1 aliphatic rings. The van der Waals surface area contributed by atoms with Gasteiger partial charge in [0.2, 0.25) is 0 Å². The van der Waals surface area contributed by atoms with Crippen LogP contribution >= 0.6 is 0 Å². The Morgan fingerprint density at radius 2 is 1.97 bits per heavy atom. The van der Waals surface area contributed by atoms with Crippen molar-refractivity contribution in [3.05, 3.63) is 65.0 Å². The van der Waals surface area contributed by atoms with E-state index in [1.165, 1.54) is 18.2 Å². The van der Waals surface area contributed by atoms with Gasteiger partial charge in [0.05, 0.1) is 12.2 Å². The molecule has 3 aromatic rings. The first kappa shape index (κ1) is 20.8. The van der Waals surface area contributed by atoms with Gasteiger partial charge in [-0.25, -0.2) is 0 Å². The number of ether oxygens (including phenoxy) is 2. The summed E-state index contributed by atoms with van der Waals surface area (Å²) < 4.78 is 52.4. The molecule has 0 bridgehead atoms. The van der Waals surface area contributed by atoms with Crippen LogP contribution in [0.5, 0.6) is 11.5 Å². The average Bonchev–Trinajstić information content (AvgIpc) is 3.26. The van der Waals surface area contributed by atoms with Gasteiger partial charge in [-0.2, -0.15) is 0 Å². The molecule has 1 atom stereocenters. The molecule has 31 heavy (non-hydrogen) atoms. The lowest BCUT2D eigenvalue weighted by molar-refractivity contribution is -0.274. The van der Waals surface area contributed by atoms with Gasteiger partial charge >= 0.3 is 6.36 Å². The molecular weight excluding hydrogens is 413 g/mol. The van der Waals surface area contributed by atoms with Gasteiger partial charge in [0, 0.05) is 6.42 Å². The highest BCUT2D eigenvalue weighted by molar-refractivity contribution is 5.96. The zero-order valence-corrected chi connectivity index (χ0v) is 16.7. The number of halogens is 3. The highest BCUT2D eigenvalue weighted by atomic mass is 19.4. The van der Waals surface area contributed by atoms with Gasteiger partial charge in [0.15, 0.2) is 0 Å². The summed E-state index contributed by atoms with van der Waals surface area (Å²) in [5.41, 5.74) is 3.19. The Hall–Kier alpha value is -3.49. The normalized spacial score (nSPS) is 15.3. The topological polar surface area (TPSA) is 73.6 Å². The van der Waals surface area contributed by atoms with E-state index in [0.717, 1.165) is 11.1 Å². The van der Waals surface area contributed by atoms with Crippen LogP contribution in [0.3, 0.4) is 0 Å². The average molecular weight is 432 g/mol. The first-order valence-electron chi connectivity index (χ1n) is 9.56. The minimum Gasteiger partial charge on any atom is -0.488 e. The van der Waals surface area contributed by atoms with E-state index < -0.39 is 6.36 Å². The molecule has 4 rings (SSSR count). The molecule has 1 unspecified atom stereocenters. The van der Waals surface area contributed by atoms with Crippen molar-refractivity contribution in [2.45, 2.75) is 32.7 Å². The maximum Gasteiger partial charge on any atom is 0.573 e. The summed E-state index contributed by atoms with van der Waals surface area (Å²) in [5.74, 6) is 0.578. The Morgan fingerprint density at radius 1 is 1.19 bits per heavy atom. The van der Waals surface area contributed by atoms with E-state index in [1.807, 2.05) is 6.07 Å². The molecule has 1 aliphatic heterocycles. The van der Waals surface area contributed by atoms with Gasteiger partial charge in [-0.3, -0.25) is 4.79 Å². The third kappa shape index (κ3) is 4.65. The lowest BCUT2D eigenvalue weighted by Gasteiger charge is -2.11. The smallest absolute Gasteiger partial charge is 0.488 e. The third-order valence-corrected chi connectivity index (χ3v) is 4.95. The predicted molar refractivity (Wildman–Crippen MR) is 105 cm³/mol. The van der Waals surface area contributed by atoms with Crippen LogP contribution in [0.1, 0.15) is 27.4 Å². The molecule has 1 N–H and O–H groups in total. The van der Waals surface area contributed by atoms with Crippen molar-refractivity contribution >= 4 is 5.91 Å². The second-order valence-electron chi connectivity index (χ2n) is 7.25. The Bertz CT molecular complexity index is 1100. The summed E-state index contributed by atoms with van der Waals surface area (Å²) in [7, 11) is 0. The van der Waals surface area contributed by atoms with E-state index in [0.29, 0.717) is 41.3 Å². The van der Waals surface area contributed by atoms with E-state index >= 15 is 0 Å². The van der Waals surface area contributed by atoms with E-state index in [9.17, 15) is 18.0 Å². The summed E-state index contributed by atoms with van der Waals surface area (Å²) in [6.07, 6.45) is -4.44. The van der Waals surface area contributed by atoms with E-state index in [-0.39, 0.29) is 17.8 Å². The Kier molecular flexibility index (Phi) is 5.34. The van der Waals surface area contributed by atoms with E-state index in [1.54, 1.807) is 32.0 Å². The van der Waals surface area contributed by atoms with Crippen molar-refractivity contribution in [1.29, 1.82) is 0 Å². The van der Waals surface area contributed by atoms with Gasteiger partial charge in [-0.1, -0.05) is 23.4 Å². The van der Waals surface area contributed by atoms with Gasteiger partial charge in [0.1, 0.15) is 28.9 Å². The number of aromatic nitrogens is 1. The molecule has 6 nitrogen and oxygen atoms in total. The minimum atomic E-state index is -4.74. The molecule has 1 amide bonds. The number of carbonyl (C=O) groups excluding carboxylic acids is 1. The number of nitrogens with one attached hydrogen (secondary N) is 1. The van der Waals surface area contributed by atoms with E-state index in [2.05, 4.69) is 15.2 Å². The Morgan fingerprint density at radius 3 is 2.68 bits per heavy atom. The number of carbonyl (C=O) groups is 1. The number of hydrogen-bond acceptors (Lipinski definition) is 5. The van der Waals surface area contributed by atoms with Gasteiger partial charge in [0.25, 0.3) is 5.91 Å². The molecule has 0 spiro atoms. The summed E-state index contributed by atoms with van der Waals surface area (Å²) in [6.45, 7) is 3.67. The van der Waals surface area contributed by atoms with Crippen LogP contribution in [0.25, 0.3) is 11.1 Å². The fourth-order valence-electron chi connectivity index (χ4n) is 3.59.